The molecule has 1 aromatic rings. The maximum Gasteiger partial charge on any atom is 0.303 e. The molecule has 2 N–H and O–H groups in total. The van der Waals surface area contributed by atoms with E-state index in [1.54, 1.807) is 30.3 Å². The van der Waals surface area contributed by atoms with E-state index < -0.39 is 5.97 Å². The number of carbonyl (C=O) groups excluding carboxylic acids is 1. The summed E-state index contributed by atoms with van der Waals surface area (Å²) in [4.78, 5) is 21.9. The van der Waals surface area contributed by atoms with E-state index in [0.717, 1.165) is 12.8 Å². The molecule has 5 nitrogen and oxygen atoms in total. The van der Waals surface area contributed by atoms with E-state index in [9.17, 15) is 9.59 Å². The minimum atomic E-state index is -0.793. The molecule has 0 saturated carbocycles. The highest BCUT2D eigenvalue weighted by atomic mass is 16.4. The molecule has 0 aliphatic heterocycles. The number of hydrogen-bond donors (Lipinski definition) is 2. The summed E-state index contributed by atoms with van der Waals surface area (Å²) in [5.41, 5.74) is 1.23. The quantitative estimate of drug-likeness (QED) is 0.567. The van der Waals surface area contributed by atoms with E-state index in [1.165, 1.54) is 6.08 Å². The molecule has 0 aliphatic carbocycles. The van der Waals surface area contributed by atoms with E-state index in [2.05, 4.69) is 11.4 Å². The zero-order chi connectivity index (χ0) is 15.5. The number of carboxylic acid groups (broad SMARTS) is 1. The standard InChI is InChI=1S/C16H18N2O3/c17-12-14-7-4-3-6-13(14)9-10-15(19)18-11-5-1-2-8-16(20)21/h3-4,6-7,9-10H,1-2,5,8,11H2,(H,18,19)(H,20,21)/b10-9+. The molecule has 0 heterocycles. The summed E-state index contributed by atoms with van der Waals surface area (Å²) >= 11 is 0. The molecule has 21 heavy (non-hydrogen) atoms. The van der Waals surface area contributed by atoms with Gasteiger partial charge in [0, 0.05) is 19.0 Å². The predicted molar refractivity (Wildman–Crippen MR) is 79.3 cm³/mol. The molecule has 1 aromatic carbocycles. The third-order valence-electron chi connectivity index (χ3n) is 2.86. The minimum Gasteiger partial charge on any atom is -0.481 e. The number of nitrogens with one attached hydrogen (secondary N) is 1. The van der Waals surface area contributed by atoms with Crippen LogP contribution in [0.15, 0.2) is 30.3 Å². The number of aliphatic carboxylic acids is 1. The van der Waals surface area contributed by atoms with Crippen molar-refractivity contribution in [2.75, 3.05) is 6.54 Å². The molecule has 1 rings (SSSR count). The maximum atomic E-state index is 11.6. The zero-order valence-electron chi connectivity index (χ0n) is 11.7. The Morgan fingerprint density at radius 3 is 2.71 bits per heavy atom. The lowest BCUT2D eigenvalue weighted by molar-refractivity contribution is -0.137. The van der Waals surface area contributed by atoms with Crippen LogP contribution in [0.1, 0.15) is 36.8 Å². The van der Waals surface area contributed by atoms with Crippen molar-refractivity contribution in [1.82, 2.24) is 5.32 Å². The van der Waals surface area contributed by atoms with Gasteiger partial charge in [-0.1, -0.05) is 24.6 Å². The predicted octanol–water partition coefficient (Wildman–Crippen LogP) is 2.33. The van der Waals surface area contributed by atoms with Crippen LogP contribution in [0.4, 0.5) is 0 Å². The number of hydrogen-bond acceptors (Lipinski definition) is 3. The molecule has 0 radical (unpaired) electrons. The van der Waals surface area contributed by atoms with Gasteiger partial charge in [-0.3, -0.25) is 9.59 Å². The van der Waals surface area contributed by atoms with Crippen LogP contribution < -0.4 is 5.32 Å². The third kappa shape index (κ3) is 6.92. The number of nitriles is 1. The van der Waals surface area contributed by atoms with Crippen LogP contribution >= 0.6 is 0 Å². The Balaban J connectivity index is 2.29. The highest BCUT2D eigenvalue weighted by Gasteiger charge is 1.99. The van der Waals surface area contributed by atoms with Crippen LogP contribution in [-0.2, 0) is 9.59 Å². The van der Waals surface area contributed by atoms with Gasteiger partial charge in [-0.15, -0.1) is 0 Å². The van der Waals surface area contributed by atoms with Crippen molar-refractivity contribution in [3.05, 3.63) is 41.5 Å². The molecule has 0 fully saturated rings. The van der Waals surface area contributed by atoms with Crippen molar-refractivity contribution < 1.29 is 14.7 Å². The summed E-state index contributed by atoms with van der Waals surface area (Å²) in [6.45, 7) is 0.517. The topological polar surface area (TPSA) is 90.2 Å². The van der Waals surface area contributed by atoms with Gasteiger partial charge in [0.2, 0.25) is 5.91 Å². The lowest BCUT2D eigenvalue weighted by Gasteiger charge is -2.02. The molecule has 110 valence electrons. The summed E-state index contributed by atoms with van der Waals surface area (Å²) in [6.07, 6.45) is 5.32. The van der Waals surface area contributed by atoms with Crippen LogP contribution in [0, 0.1) is 11.3 Å². The number of carboxylic acids is 1. The highest BCUT2D eigenvalue weighted by molar-refractivity contribution is 5.92. The van der Waals surface area contributed by atoms with Crippen molar-refractivity contribution in [2.45, 2.75) is 25.7 Å². The van der Waals surface area contributed by atoms with Crippen LogP contribution in [0.3, 0.4) is 0 Å². The van der Waals surface area contributed by atoms with E-state index >= 15 is 0 Å². The van der Waals surface area contributed by atoms with Crippen LogP contribution in [0.2, 0.25) is 0 Å². The summed E-state index contributed by atoms with van der Waals surface area (Å²) in [6, 6.07) is 9.11. The number of amides is 1. The summed E-state index contributed by atoms with van der Waals surface area (Å²) in [7, 11) is 0. The summed E-state index contributed by atoms with van der Waals surface area (Å²) in [5.74, 6) is -1.01. The minimum absolute atomic E-state index is 0.165. The van der Waals surface area contributed by atoms with Crippen LogP contribution in [0.25, 0.3) is 6.08 Å². The first-order chi connectivity index (χ1) is 10.1. The normalized spacial score (nSPS) is 10.2. The van der Waals surface area contributed by atoms with E-state index in [0.29, 0.717) is 24.1 Å². The SMILES string of the molecule is N#Cc1ccccc1/C=C/C(=O)NCCCCCC(=O)O. The lowest BCUT2D eigenvalue weighted by atomic mass is 10.1. The Hall–Kier alpha value is -2.61. The Morgan fingerprint density at radius 1 is 1.24 bits per heavy atom. The van der Waals surface area contributed by atoms with Gasteiger partial charge >= 0.3 is 5.97 Å². The van der Waals surface area contributed by atoms with Crippen molar-refractivity contribution >= 4 is 18.0 Å². The molecule has 5 heteroatoms. The zero-order valence-corrected chi connectivity index (χ0v) is 11.7. The maximum absolute atomic E-state index is 11.6. The van der Waals surface area contributed by atoms with Gasteiger partial charge in [0.05, 0.1) is 11.6 Å². The second kappa shape index (κ2) is 9.32. The smallest absolute Gasteiger partial charge is 0.303 e. The number of carbonyl (C=O) groups is 2. The average molecular weight is 286 g/mol. The van der Waals surface area contributed by atoms with Crippen LogP contribution in [0.5, 0.6) is 0 Å². The number of rotatable bonds is 8. The van der Waals surface area contributed by atoms with Crippen LogP contribution in [-0.4, -0.2) is 23.5 Å². The molecular weight excluding hydrogens is 268 g/mol. The first-order valence-corrected chi connectivity index (χ1v) is 6.80. The molecule has 0 spiro atoms. The third-order valence-corrected chi connectivity index (χ3v) is 2.86. The largest absolute Gasteiger partial charge is 0.481 e. The van der Waals surface area contributed by atoms with Crippen molar-refractivity contribution in [1.29, 1.82) is 5.26 Å². The molecule has 0 aromatic heterocycles. The Morgan fingerprint density at radius 2 is 2.00 bits per heavy atom. The van der Waals surface area contributed by atoms with Gasteiger partial charge in [0.1, 0.15) is 0 Å². The molecule has 1 amide bonds. The van der Waals surface area contributed by atoms with Gasteiger partial charge in [-0.2, -0.15) is 5.26 Å². The first kappa shape index (κ1) is 16.4. The van der Waals surface area contributed by atoms with E-state index in [4.69, 9.17) is 10.4 Å². The van der Waals surface area contributed by atoms with Crippen molar-refractivity contribution in [3.8, 4) is 6.07 Å². The Kier molecular flexibility index (Phi) is 7.30. The molecule has 0 bridgehead atoms. The molecule has 0 unspecified atom stereocenters. The molecule has 0 atom stereocenters. The van der Waals surface area contributed by atoms with Gasteiger partial charge in [0.15, 0.2) is 0 Å². The Labute approximate surface area is 123 Å². The highest BCUT2D eigenvalue weighted by Crippen LogP contribution is 2.08. The lowest BCUT2D eigenvalue weighted by Crippen LogP contribution is -2.22. The number of unbranched alkanes of at least 4 members (excludes halogenated alkanes) is 2. The van der Waals surface area contributed by atoms with Gasteiger partial charge in [0.25, 0.3) is 0 Å². The molecule has 0 aliphatic rings. The second-order valence-electron chi connectivity index (χ2n) is 4.53. The number of nitrogens with zero attached hydrogens (tertiary/aromatic N) is 1. The number of benzene rings is 1. The van der Waals surface area contributed by atoms with E-state index in [-0.39, 0.29) is 12.3 Å². The van der Waals surface area contributed by atoms with Gasteiger partial charge in [-0.05, 0) is 30.5 Å². The summed E-state index contributed by atoms with van der Waals surface area (Å²) in [5, 5.41) is 20.1. The molecule has 0 saturated heterocycles. The average Bonchev–Trinajstić information content (AvgIpc) is 2.48. The fourth-order valence-electron chi connectivity index (χ4n) is 1.76. The fourth-order valence-corrected chi connectivity index (χ4v) is 1.76. The summed E-state index contributed by atoms with van der Waals surface area (Å²) < 4.78 is 0. The fraction of sp³-hybridized carbons (Fsp3) is 0.312. The Bertz CT molecular complexity index is 559. The second-order valence-corrected chi connectivity index (χ2v) is 4.53. The van der Waals surface area contributed by atoms with E-state index in [1.807, 2.05) is 0 Å². The molecular formula is C16H18N2O3. The van der Waals surface area contributed by atoms with Crippen molar-refractivity contribution in [3.63, 3.8) is 0 Å². The van der Waals surface area contributed by atoms with Gasteiger partial charge in [-0.25, -0.2) is 0 Å². The monoisotopic (exact) mass is 286 g/mol. The van der Waals surface area contributed by atoms with Gasteiger partial charge < -0.3 is 10.4 Å². The first-order valence-electron chi connectivity index (χ1n) is 6.80. The van der Waals surface area contributed by atoms with Crippen molar-refractivity contribution in [2.24, 2.45) is 0 Å².